The standard InChI is InChI=1S/C19H17BrClNO2/c20-16-3-1-2-15(12-16)19(24)22-10-8-14(9-11-22)18(23)13-4-6-17(21)7-5-13/h1-7,12,14H,8-11H2. The van der Waals surface area contributed by atoms with Crippen molar-refractivity contribution in [1.29, 1.82) is 0 Å². The van der Waals surface area contributed by atoms with Gasteiger partial charge in [-0.1, -0.05) is 33.6 Å². The molecular formula is C19H17BrClNO2. The predicted octanol–water partition coefficient (Wildman–Crippen LogP) is 4.84. The average Bonchev–Trinajstić information content (AvgIpc) is 2.61. The molecule has 0 saturated carbocycles. The number of carbonyl (C=O) groups is 2. The Balaban J connectivity index is 1.62. The van der Waals surface area contributed by atoms with E-state index in [2.05, 4.69) is 15.9 Å². The molecule has 0 unspecified atom stereocenters. The number of rotatable bonds is 3. The number of nitrogens with zero attached hydrogens (tertiary/aromatic N) is 1. The number of likely N-dealkylation sites (tertiary alicyclic amines) is 1. The first kappa shape index (κ1) is 17.2. The van der Waals surface area contributed by atoms with Crippen molar-refractivity contribution in [2.75, 3.05) is 13.1 Å². The molecule has 1 amide bonds. The van der Waals surface area contributed by atoms with Gasteiger partial charge in [-0.3, -0.25) is 9.59 Å². The Hall–Kier alpha value is -1.65. The Morgan fingerprint density at radius 2 is 1.67 bits per heavy atom. The second kappa shape index (κ2) is 7.49. The van der Waals surface area contributed by atoms with E-state index in [9.17, 15) is 9.59 Å². The first-order chi connectivity index (χ1) is 11.5. The lowest BCUT2D eigenvalue weighted by Crippen LogP contribution is -2.40. The highest BCUT2D eigenvalue weighted by Gasteiger charge is 2.28. The van der Waals surface area contributed by atoms with Crippen molar-refractivity contribution in [3.8, 4) is 0 Å². The van der Waals surface area contributed by atoms with E-state index in [4.69, 9.17) is 11.6 Å². The molecule has 1 saturated heterocycles. The van der Waals surface area contributed by atoms with Crippen LogP contribution >= 0.6 is 27.5 Å². The van der Waals surface area contributed by atoms with Gasteiger partial charge in [-0.15, -0.1) is 0 Å². The minimum atomic E-state index is -0.0299. The summed E-state index contributed by atoms with van der Waals surface area (Å²) in [5, 5.41) is 0.626. The maximum absolute atomic E-state index is 12.5. The Labute approximate surface area is 154 Å². The van der Waals surface area contributed by atoms with Crippen LogP contribution in [-0.2, 0) is 0 Å². The Morgan fingerprint density at radius 3 is 2.29 bits per heavy atom. The summed E-state index contributed by atoms with van der Waals surface area (Å²) < 4.78 is 0.890. The summed E-state index contributed by atoms with van der Waals surface area (Å²) in [6, 6.07) is 14.4. The number of hydrogen-bond acceptors (Lipinski definition) is 2. The minimum absolute atomic E-state index is 0.0219. The summed E-state index contributed by atoms with van der Waals surface area (Å²) >= 11 is 9.26. The monoisotopic (exact) mass is 405 g/mol. The van der Waals surface area contributed by atoms with Crippen LogP contribution in [0, 0.1) is 5.92 Å². The molecule has 24 heavy (non-hydrogen) atoms. The van der Waals surface area contributed by atoms with Crippen LogP contribution in [-0.4, -0.2) is 29.7 Å². The molecule has 1 aliphatic heterocycles. The van der Waals surface area contributed by atoms with Crippen LogP contribution in [0.2, 0.25) is 5.02 Å². The highest BCUT2D eigenvalue weighted by Crippen LogP contribution is 2.24. The quantitative estimate of drug-likeness (QED) is 0.684. The lowest BCUT2D eigenvalue weighted by Gasteiger charge is -2.31. The van der Waals surface area contributed by atoms with Crippen LogP contribution in [0.5, 0.6) is 0 Å². The van der Waals surface area contributed by atoms with Crippen molar-refractivity contribution >= 4 is 39.2 Å². The van der Waals surface area contributed by atoms with Crippen molar-refractivity contribution in [3.05, 3.63) is 69.2 Å². The van der Waals surface area contributed by atoms with Crippen molar-refractivity contribution in [1.82, 2.24) is 4.90 Å². The molecule has 3 nitrogen and oxygen atoms in total. The van der Waals surface area contributed by atoms with Crippen LogP contribution in [0.4, 0.5) is 0 Å². The van der Waals surface area contributed by atoms with E-state index in [1.54, 1.807) is 24.3 Å². The average molecular weight is 407 g/mol. The van der Waals surface area contributed by atoms with E-state index in [1.807, 2.05) is 29.2 Å². The molecule has 0 aromatic heterocycles. The van der Waals surface area contributed by atoms with Gasteiger partial charge in [0.2, 0.25) is 0 Å². The molecule has 0 bridgehead atoms. The number of carbonyl (C=O) groups excluding carboxylic acids is 2. The molecule has 0 spiro atoms. The van der Waals surface area contributed by atoms with Gasteiger partial charge >= 0.3 is 0 Å². The van der Waals surface area contributed by atoms with Crippen LogP contribution in [0.25, 0.3) is 0 Å². The summed E-state index contributed by atoms with van der Waals surface area (Å²) in [7, 11) is 0. The summed E-state index contributed by atoms with van der Waals surface area (Å²) in [6.07, 6.45) is 1.39. The molecular weight excluding hydrogens is 390 g/mol. The lowest BCUT2D eigenvalue weighted by atomic mass is 9.88. The molecule has 2 aromatic carbocycles. The number of piperidine rings is 1. The fraction of sp³-hybridized carbons (Fsp3) is 0.263. The van der Waals surface area contributed by atoms with Crippen molar-refractivity contribution in [2.45, 2.75) is 12.8 Å². The van der Waals surface area contributed by atoms with Gasteiger partial charge in [0.1, 0.15) is 0 Å². The zero-order chi connectivity index (χ0) is 17.1. The van der Waals surface area contributed by atoms with Crippen molar-refractivity contribution < 1.29 is 9.59 Å². The van der Waals surface area contributed by atoms with Crippen LogP contribution in [0.3, 0.4) is 0 Å². The van der Waals surface area contributed by atoms with E-state index in [0.29, 0.717) is 42.1 Å². The van der Waals surface area contributed by atoms with E-state index >= 15 is 0 Å². The fourth-order valence-electron chi connectivity index (χ4n) is 3.00. The third-order valence-corrected chi connectivity index (χ3v) is 5.10. The Bertz CT molecular complexity index is 752. The van der Waals surface area contributed by atoms with Gasteiger partial charge in [0.25, 0.3) is 5.91 Å². The van der Waals surface area contributed by atoms with Gasteiger partial charge in [0.05, 0.1) is 0 Å². The zero-order valence-corrected chi connectivity index (χ0v) is 15.4. The molecule has 3 rings (SSSR count). The Kier molecular flexibility index (Phi) is 5.36. The molecule has 1 heterocycles. The Morgan fingerprint density at radius 1 is 1.00 bits per heavy atom. The molecule has 0 N–H and O–H groups in total. The molecule has 1 fully saturated rings. The molecule has 0 radical (unpaired) electrons. The molecule has 2 aromatic rings. The summed E-state index contributed by atoms with van der Waals surface area (Å²) in [5.41, 5.74) is 1.36. The number of ketones is 1. The second-order valence-corrected chi connectivity index (χ2v) is 7.30. The number of Topliss-reactive ketones (excluding diaryl/α,β-unsaturated/α-hetero) is 1. The molecule has 5 heteroatoms. The topological polar surface area (TPSA) is 37.4 Å². The number of halogens is 2. The van der Waals surface area contributed by atoms with Gasteiger partial charge in [-0.25, -0.2) is 0 Å². The fourth-order valence-corrected chi connectivity index (χ4v) is 3.52. The first-order valence-corrected chi connectivity index (χ1v) is 9.06. The van der Waals surface area contributed by atoms with Crippen LogP contribution in [0.15, 0.2) is 53.0 Å². The van der Waals surface area contributed by atoms with Gasteiger partial charge in [0.15, 0.2) is 5.78 Å². The van der Waals surface area contributed by atoms with E-state index in [1.165, 1.54) is 0 Å². The highest BCUT2D eigenvalue weighted by atomic mass is 79.9. The van der Waals surface area contributed by atoms with E-state index < -0.39 is 0 Å². The number of amides is 1. The number of benzene rings is 2. The summed E-state index contributed by atoms with van der Waals surface area (Å²) in [6.45, 7) is 1.21. The van der Waals surface area contributed by atoms with Crippen molar-refractivity contribution in [3.63, 3.8) is 0 Å². The third-order valence-electron chi connectivity index (χ3n) is 4.35. The van der Waals surface area contributed by atoms with Crippen molar-refractivity contribution in [2.24, 2.45) is 5.92 Å². The van der Waals surface area contributed by atoms with Gasteiger partial charge < -0.3 is 4.90 Å². The normalized spacial score (nSPS) is 15.3. The third kappa shape index (κ3) is 3.87. The zero-order valence-electron chi connectivity index (χ0n) is 13.0. The van der Waals surface area contributed by atoms with E-state index in [-0.39, 0.29) is 17.6 Å². The highest BCUT2D eigenvalue weighted by molar-refractivity contribution is 9.10. The molecule has 0 atom stereocenters. The molecule has 1 aliphatic rings. The molecule has 124 valence electrons. The van der Waals surface area contributed by atoms with Crippen LogP contribution < -0.4 is 0 Å². The van der Waals surface area contributed by atoms with Gasteiger partial charge in [0, 0.05) is 39.6 Å². The minimum Gasteiger partial charge on any atom is -0.339 e. The van der Waals surface area contributed by atoms with Crippen LogP contribution in [0.1, 0.15) is 33.6 Å². The lowest BCUT2D eigenvalue weighted by molar-refractivity contribution is 0.0650. The summed E-state index contributed by atoms with van der Waals surface area (Å²) in [4.78, 5) is 26.9. The first-order valence-electron chi connectivity index (χ1n) is 7.89. The second-order valence-electron chi connectivity index (χ2n) is 5.95. The number of hydrogen-bond donors (Lipinski definition) is 0. The molecule has 0 aliphatic carbocycles. The summed E-state index contributed by atoms with van der Waals surface area (Å²) in [5.74, 6) is 0.132. The van der Waals surface area contributed by atoms with E-state index in [0.717, 1.165) is 4.47 Å². The maximum Gasteiger partial charge on any atom is 0.253 e. The smallest absolute Gasteiger partial charge is 0.253 e. The van der Waals surface area contributed by atoms with Gasteiger partial charge in [-0.05, 0) is 55.3 Å². The predicted molar refractivity (Wildman–Crippen MR) is 98.6 cm³/mol. The van der Waals surface area contributed by atoms with Gasteiger partial charge in [-0.2, -0.15) is 0 Å². The largest absolute Gasteiger partial charge is 0.339 e. The maximum atomic E-state index is 12.5. The SMILES string of the molecule is O=C(c1ccc(Cl)cc1)C1CCN(C(=O)c2cccc(Br)c2)CC1.